The maximum Gasteiger partial charge on any atom is 0.417 e. The highest BCUT2D eigenvalue weighted by Crippen LogP contribution is 2.37. The predicted octanol–water partition coefficient (Wildman–Crippen LogP) is 5.15. The van der Waals surface area contributed by atoms with Gasteiger partial charge in [0.25, 0.3) is 0 Å². The number of esters is 1. The molecule has 4 nitrogen and oxygen atoms in total. The van der Waals surface area contributed by atoms with Crippen molar-refractivity contribution in [2.45, 2.75) is 19.5 Å². The van der Waals surface area contributed by atoms with Crippen LogP contribution >= 0.6 is 0 Å². The normalized spacial score (nSPS) is 12.0. The van der Waals surface area contributed by atoms with Crippen molar-refractivity contribution in [3.05, 3.63) is 60.3 Å². The third kappa shape index (κ3) is 4.36. The lowest BCUT2D eigenvalue weighted by molar-refractivity contribution is -0.138. The Morgan fingerprint density at radius 3 is 2.74 bits per heavy atom. The summed E-state index contributed by atoms with van der Waals surface area (Å²) < 4.78 is 46.1. The van der Waals surface area contributed by atoms with E-state index in [1.165, 1.54) is 29.1 Å². The van der Waals surface area contributed by atoms with Crippen LogP contribution in [0, 0.1) is 0 Å². The number of carbonyl (C=O) groups excluding carboxylic acids is 1. The van der Waals surface area contributed by atoms with Gasteiger partial charge in [0.05, 0.1) is 17.7 Å². The third-order valence-corrected chi connectivity index (χ3v) is 3.88. The number of aromatic nitrogens is 2. The molecule has 0 fully saturated rings. The third-order valence-electron chi connectivity index (χ3n) is 3.88. The van der Waals surface area contributed by atoms with Crippen LogP contribution in [0.25, 0.3) is 28.2 Å². The molecule has 0 bridgehead atoms. The van der Waals surface area contributed by atoms with E-state index in [0.29, 0.717) is 17.7 Å². The molecule has 27 heavy (non-hydrogen) atoms. The largest absolute Gasteiger partial charge is 0.463 e. The Kier molecular flexibility index (Phi) is 5.30. The maximum atomic E-state index is 13.2. The summed E-state index contributed by atoms with van der Waals surface area (Å²) in [7, 11) is 0. The van der Waals surface area contributed by atoms with Gasteiger partial charge in [-0.25, -0.2) is 9.48 Å². The first-order valence-corrected chi connectivity index (χ1v) is 8.39. The Morgan fingerprint density at radius 2 is 2.00 bits per heavy atom. The van der Waals surface area contributed by atoms with Crippen LogP contribution in [0.2, 0.25) is 0 Å². The average Bonchev–Trinajstić information content (AvgIpc) is 3.06. The summed E-state index contributed by atoms with van der Waals surface area (Å²) in [5, 5.41) is 5.03. The Hall–Kier alpha value is -3.09. The van der Waals surface area contributed by atoms with Gasteiger partial charge < -0.3 is 4.74 Å². The number of fused-ring (bicyclic) bond motifs is 1. The summed E-state index contributed by atoms with van der Waals surface area (Å²) in [6.45, 7) is 2.23. The Labute approximate surface area is 153 Å². The van der Waals surface area contributed by atoms with Crippen LogP contribution in [0.1, 0.15) is 18.9 Å². The van der Waals surface area contributed by atoms with Crippen molar-refractivity contribution in [2.75, 3.05) is 6.61 Å². The van der Waals surface area contributed by atoms with Crippen molar-refractivity contribution < 1.29 is 22.7 Å². The van der Waals surface area contributed by atoms with Crippen molar-refractivity contribution in [2.24, 2.45) is 0 Å². The highest BCUT2D eigenvalue weighted by Gasteiger charge is 2.33. The molecule has 0 unspecified atom stereocenters. The molecule has 0 aliphatic heterocycles. The minimum Gasteiger partial charge on any atom is -0.463 e. The highest BCUT2D eigenvalue weighted by molar-refractivity contribution is 5.87. The van der Waals surface area contributed by atoms with Crippen molar-refractivity contribution in [1.29, 1.82) is 0 Å². The van der Waals surface area contributed by atoms with Crippen molar-refractivity contribution in [1.82, 2.24) is 9.78 Å². The molecular weight excluding hydrogens is 357 g/mol. The number of benzene rings is 2. The van der Waals surface area contributed by atoms with Gasteiger partial charge in [0.15, 0.2) is 0 Å². The number of rotatable bonds is 5. The molecule has 1 heterocycles. The fourth-order valence-corrected chi connectivity index (χ4v) is 2.65. The minimum absolute atomic E-state index is 0.0973. The van der Waals surface area contributed by atoms with Crippen LogP contribution in [0.5, 0.6) is 0 Å². The number of carbonyl (C=O) groups is 1. The summed E-state index contributed by atoms with van der Waals surface area (Å²) in [6, 6.07) is 10.3. The van der Waals surface area contributed by atoms with Crippen LogP contribution < -0.4 is 0 Å². The number of hydrogen-bond donors (Lipinski definition) is 0. The molecule has 0 spiro atoms. The second-order valence-electron chi connectivity index (χ2n) is 5.91. The SMILES string of the molecule is CCCOC(=O)C=Cn1cc2ccc(-c3ccccc3C(F)(F)F)cc2n1. The van der Waals surface area contributed by atoms with E-state index in [1.54, 1.807) is 30.5 Å². The minimum atomic E-state index is -4.44. The number of alkyl halides is 3. The van der Waals surface area contributed by atoms with E-state index in [4.69, 9.17) is 4.74 Å². The van der Waals surface area contributed by atoms with Gasteiger partial charge in [-0.1, -0.05) is 37.3 Å². The lowest BCUT2D eigenvalue weighted by atomic mass is 9.98. The first kappa shape index (κ1) is 18.7. The maximum absolute atomic E-state index is 13.2. The number of nitrogens with zero attached hydrogens (tertiary/aromatic N) is 2. The topological polar surface area (TPSA) is 44.1 Å². The van der Waals surface area contributed by atoms with Gasteiger partial charge in [-0.2, -0.15) is 18.3 Å². The van der Waals surface area contributed by atoms with Crippen LogP contribution in [0.4, 0.5) is 13.2 Å². The van der Waals surface area contributed by atoms with Gasteiger partial charge in [0, 0.05) is 23.9 Å². The Morgan fingerprint density at radius 1 is 1.22 bits per heavy atom. The zero-order valence-electron chi connectivity index (χ0n) is 14.5. The first-order chi connectivity index (χ1) is 12.9. The van der Waals surface area contributed by atoms with Crippen molar-refractivity contribution in [3.63, 3.8) is 0 Å². The smallest absolute Gasteiger partial charge is 0.417 e. The number of ether oxygens (including phenoxy) is 1. The zero-order chi connectivity index (χ0) is 19.4. The highest BCUT2D eigenvalue weighted by atomic mass is 19.4. The molecule has 2 aromatic carbocycles. The van der Waals surface area contributed by atoms with E-state index < -0.39 is 17.7 Å². The number of halogens is 3. The van der Waals surface area contributed by atoms with E-state index >= 15 is 0 Å². The Balaban J connectivity index is 1.91. The summed E-state index contributed by atoms with van der Waals surface area (Å²) in [4.78, 5) is 11.5. The van der Waals surface area contributed by atoms with Crippen LogP contribution in [0.3, 0.4) is 0 Å². The van der Waals surface area contributed by atoms with E-state index in [1.807, 2.05) is 6.92 Å². The molecule has 0 aliphatic carbocycles. The summed E-state index contributed by atoms with van der Waals surface area (Å²) in [6.07, 6.45) is 0.668. The molecule has 0 N–H and O–H groups in total. The summed E-state index contributed by atoms with van der Waals surface area (Å²) in [5.74, 6) is -0.476. The second kappa shape index (κ2) is 7.65. The lowest BCUT2D eigenvalue weighted by Gasteiger charge is -2.12. The molecule has 0 saturated heterocycles. The predicted molar refractivity (Wildman–Crippen MR) is 96.8 cm³/mol. The van der Waals surface area contributed by atoms with Gasteiger partial charge in [0.1, 0.15) is 0 Å². The molecule has 1 aromatic heterocycles. The zero-order valence-corrected chi connectivity index (χ0v) is 14.5. The van der Waals surface area contributed by atoms with Gasteiger partial charge >= 0.3 is 12.1 Å². The van der Waals surface area contributed by atoms with E-state index in [-0.39, 0.29) is 5.56 Å². The fraction of sp³-hybridized carbons (Fsp3) is 0.200. The van der Waals surface area contributed by atoms with Crippen molar-refractivity contribution >= 4 is 23.1 Å². The summed E-state index contributed by atoms with van der Waals surface area (Å²) >= 11 is 0. The molecule has 0 atom stereocenters. The van der Waals surface area contributed by atoms with Crippen LogP contribution in [0.15, 0.2) is 54.7 Å². The molecule has 0 aliphatic rings. The second-order valence-corrected chi connectivity index (χ2v) is 5.91. The molecule has 0 amide bonds. The Bertz CT molecular complexity index is 990. The average molecular weight is 374 g/mol. The van der Waals surface area contributed by atoms with E-state index in [9.17, 15) is 18.0 Å². The first-order valence-electron chi connectivity index (χ1n) is 8.39. The van der Waals surface area contributed by atoms with Gasteiger partial charge in [-0.05, 0) is 29.7 Å². The molecule has 0 saturated carbocycles. The molecule has 3 aromatic rings. The molecule has 0 radical (unpaired) electrons. The molecule has 7 heteroatoms. The monoisotopic (exact) mass is 374 g/mol. The lowest BCUT2D eigenvalue weighted by Crippen LogP contribution is -2.06. The molecular formula is C20H17F3N2O2. The van der Waals surface area contributed by atoms with E-state index in [2.05, 4.69) is 5.10 Å². The standard InChI is InChI=1S/C20H17F3N2O2/c1-2-11-27-19(26)9-10-25-13-15-8-7-14(12-18(15)24-25)16-5-3-4-6-17(16)20(21,22)23/h3-10,12-13H,2,11H2,1H3. The van der Waals surface area contributed by atoms with Gasteiger partial charge in [0.2, 0.25) is 0 Å². The van der Waals surface area contributed by atoms with E-state index in [0.717, 1.165) is 17.9 Å². The quantitative estimate of drug-likeness (QED) is 0.458. The van der Waals surface area contributed by atoms with Crippen molar-refractivity contribution in [3.8, 4) is 11.1 Å². The number of hydrogen-bond acceptors (Lipinski definition) is 3. The van der Waals surface area contributed by atoms with Gasteiger partial charge in [-0.3, -0.25) is 0 Å². The summed E-state index contributed by atoms with van der Waals surface area (Å²) in [5.41, 5.74) is 0.352. The fourth-order valence-electron chi connectivity index (χ4n) is 2.65. The molecule has 140 valence electrons. The molecule has 3 rings (SSSR count). The van der Waals surface area contributed by atoms with Gasteiger partial charge in [-0.15, -0.1) is 0 Å². The van der Waals surface area contributed by atoms with Crippen LogP contribution in [-0.2, 0) is 15.7 Å². The van der Waals surface area contributed by atoms with Crippen LogP contribution in [-0.4, -0.2) is 22.4 Å².